The van der Waals surface area contributed by atoms with Crippen molar-refractivity contribution in [2.75, 3.05) is 17.2 Å². The Morgan fingerprint density at radius 3 is 3.11 bits per heavy atom. The highest BCUT2D eigenvalue weighted by Crippen LogP contribution is 2.33. The van der Waals surface area contributed by atoms with Crippen LogP contribution in [0, 0.1) is 0 Å². The number of rotatable bonds is 2. The van der Waals surface area contributed by atoms with Crippen molar-refractivity contribution >= 4 is 23.4 Å². The number of amides is 1. The van der Waals surface area contributed by atoms with Crippen LogP contribution in [0.5, 0.6) is 0 Å². The summed E-state index contributed by atoms with van der Waals surface area (Å²) in [6.07, 6.45) is 2.44. The van der Waals surface area contributed by atoms with E-state index in [4.69, 9.17) is 0 Å². The molecule has 1 amide bonds. The van der Waals surface area contributed by atoms with Crippen molar-refractivity contribution in [2.45, 2.75) is 17.9 Å². The monoisotopic (exact) mass is 275 g/mol. The number of para-hydroxylation sites is 1. The van der Waals surface area contributed by atoms with Crippen LogP contribution in [0.25, 0.3) is 0 Å². The Kier molecular flexibility index (Phi) is 3.45. The van der Waals surface area contributed by atoms with E-state index in [-0.39, 0.29) is 12.5 Å². The fourth-order valence-corrected chi connectivity index (χ4v) is 3.06. The Labute approximate surface area is 114 Å². The zero-order chi connectivity index (χ0) is 13.1. The molecule has 1 aliphatic rings. The van der Waals surface area contributed by atoms with E-state index in [0.29, 0.717) is 0 Å². The standard InChI is InChI=1S/C12H13N5OS/c18-12(8-16-9-13-14-15-16)17-6-3-7-19-11-5-2-1-4-10(11)17/h1-2,4-5,9H,3,6-8H2. The number of thioether (sulfide) groups is 1. The number of aromatic nitrogens is 4. The molecule has 3 rings (SSSR count). The predicted molar refractivity (Wildman–Crippen MR) is 72.0 cm³/mol. The smallest absolute Gasteiger partial charge is 0.248 e. The molecule has 7 heteroatoms. The summed E-state index contributed by atoms with van der Waals surface area (Å²) in [6, 6.07) is 8.01. The Hall–Kier alpha value is -1.89. The minimum absolute atomic E-state index is 0.0160. The summed E-state index contributed by atoms with van der Waals surface area (Å²) < 4.78 is 1.45. The van der Waals surface area contributed by atoms with Crippen molar-refractivity contribution in [3.8, 4) is 0 Å². The van der Waals surface area contributed by atoms with Crippen LogP contribution in [0.1, 0.15) is 6.42 Å². The maximum Gasteiger partial charge on any atom is 0.248 e. The Bertz CT molecular complexity index is 571. The van der Waals surface area contributed by atoms with Gasteiger partial charge >= 0.3 is 0 Å². The van der Waals surface area contributed by atoms with Crippen LogP contribution in [0.2, 0.25) is 0 Å². The Balaban J connectivity index is 1.85. The van der Waals surface area contributed by atoms with E-state index in [2.05, 4.69) is 21.6 Å². The van der Waals surface area contributed by atoms with Crippen molar-refractivity contribution in [1.82, 2.24) is 20.2 Å². The molecule has 2 aromatic rings. The summed E-state index contributed by atoms with van der Waals surface area (Å²) >= 11 is 1.80. The first-order chi connectivity index (χ1) is 9.34. The first-order valence-electron chi connectivity index (χ1n) is 6.07. The highest BCUT2D eigenvalue weighted by Gasteiger charge is 2.21. The Morgan fingerprint density at radius 1 is 1.37 bits per heavy atom. The van der Waals surface area contributed by atoms with Crippen LogP contribution in [0.15, 0.2) is 35.5 Å². The summed E-state index contributed by atoms with van der Waals surface area (Å²) in [5.74, 6) is 1.05. The van der Waals surface area contributed by atoms with Gasteiger partial charge in [0.25, 0.3) is 0 Å². The van der Waals surface area contributed by atoms with E-state index < -0.39 is 0 Å². The van der Waals surface area contributed by atoms with E-state index in [9.17, 15) is 4.79 Å². The van der Waals surface area contributed by atoms with Crippen LogP contribution in [0.3, 0.4) is 0 Å². The molecule has 0 aliphatic carbocycles. The third-order valence-corrected chi connectivity index (χ3v) is 4.08. The molecule has 0 bridgehead atoms. The van der Waals surface area contributed by atoms with Gasteiger partial charge in [-0.1, -0.05) is 12.1 Å². The van der Waals surface area contributed by atoms with Crippen molar-refractivity contribution in [3.05, 3.63) is 30.6 Å². The highest BCUT2D eigenvalue weighted by atomic mass is 32.2. The summed E-state index contributed by atoms with van der Waals surface area (Å²) in [4.78, 5) is 15.4. The van der Waals surface area contributed by atoms with Crippen LogP contribution in [-0.2, 0) is 11.3 Å². The van der Waals surface area contributed by atoms with Gasteiger partial charge in [-0.15, -0.1) is 16.9 Å². The number of hydrogen-bond donors (Lipinski definition) is 0. The van der Waals surface area contributed by atoms with Gasteiger partial charge in [0.1, 0.15) is 12.9 Å². The number of hydrogen-bond acceptors (Lipinski definition) is 5. The summed E-state index contributed by atoms with van der Waals surface area (Å²) in [5.41, 5.74) is 0.989. The molecule has 2 heterocycles. The molecule has 19 heavy (non-hydrogen) atoms. The van der Waals surface area contributed by atoms with Gasteiger partial charge in [-0.05, 0) is 34.7 Å². The average Bonchev–Trinajstić information content (AvgIpc) is 2.83. The zero-order valence-corrected chi connectivity index (χ0v) is 11.1. The molecule has 1 aromatic heterocycles. The largest absolute Gasteiger partial charge is 0.310 e. The van der Waals surface area contributed by atoms with Gasteiger partial charge in [-0.2, -0.15) is 0 Å². The molecule has 0 atom stereocenters. The molecule has 0 saturated carbocycles. The molecular formula is C12H13N5OS. The van der Waals surface area contributed by atoms with Crippen molar-refractivity contribution in [2.24, 2.45) is 0 Å². The number of carbonyl (C=O) groups is 1. The van der Waals surface area contributed by atoms with Crippen LogP contribution < -0.4 is 4.90 Å². The molecule has 1 aliphatic heterocycles. The molecule has 0 radical (unpaired) electrons. The van der Waals surface area contributed by atoms with Gasteiger partial charge in [-0.3, -0.25) is 4.79 Å². The molecule has 0 spiro atoms. The number of anilines is 1. The SMILES string of the molecule is O=C(Cn1cnnn1)N1CCCSc2ccccc21. The molecule has 6 nitrogen and oxygen atoms in total. The third kappa shape index (κ3) is 2.60. The van der Waals surface area contributed by atoms with E-state index in [0.717, 1.165) is 29.3 Å². The van der Waals surface area contributed by atoms with Gasteiger partial charge in [0, 0.05) is 11.4 Å². The number of tetrazole rings is 1. The van der Waals surface area contributed by atoms with E-state index in [1.54, 1.807) is 11.8 Å². The summed E-state index contributed by atoms with van der Waals surface area (Å²) in [6.45, 7) is 0.914. The fraction of sp³-hybridized carbons (Fsp3) is 0.333. The van der Waals surface area contributed by atoms with Gasteiger partial charge in [0.05, 0.1) is 5.69 Å². The van der Waals surface area contributed by atoms with Gasteiger partial charge in [-0.25, -0.2) is 4.68 Å². The van der Waals surface area contributed by atoms with Crippen LogP contribution in [0.4, 0.5) is 5.69 Å². The van der Waals surface area contributed by atoms with E-state index >= 15 is 0 Å². The number of benzene rings is 1. The van der Waals surface area contributed by atoms with E-state index in [1.165, 1.54) is 11.0 Å². The summed E-state index contributed by atoms with van der Waals surface area (Å²) in [5, 5.41) is 10.8. The third-order valence-electron chi connectivity index (χ3n) is 2.93. The lowest BCUT2D eigenvalue weighted by molar-refractivity contribution is -0.119. The predicted octanol–water partition coefficient (Wildman–Crippen LogP) is 1.20. The van der Waals surface area contributed by atoms with E-state index in [1.807, 2.05) is 23.1 Å². The first-order valence-corrected chi connectivity index (χ1v) is 7.06. The molecular weight excluding hydrogens is 262 g/mol. The lowest BCUT2D eigenvalue weighted by Crippen LogP contribution is -2.34. The lowest BCUT2D eigenvalue weighted by Gasteiger charge is -2.22. The van der Waals surface area contributed by atoms with Gasteiger partial charge < -0.3 is 4.90 Å². The van der Waals surface area contributed by atoms with Gasteiger partial charge in [0.2, 0.25) is 5.91 Å². The number of fused-ring (bicyclic) bond motifs is 1. The quantitative estimate of drug-likeness (QED) is 0.824. The van der Waals surface area contributed by atoms with Crippen LogP contribution in [-0.4, -0.2) is 38.4 Å². The molecule has 0 fully saturated rings. The maximum absolute atomic E-state index is 12.4. The first kappa shape index (κ1) is 12.2. The minimum Gasteiger partial charge on any atom is -0.310 e. The zero-order valence-electron chi connectivity index (χ0n) is 10.3. The summed E-state index contributed by atoms with van der Waals surface area (Å²) in [7, 11) is 0. The molecule has 0 N–H and O–H groups in total. The highest BCUT2D eigenvalue weighted by molar-refractivity contribution is 7.99. The topological polar surface area (TPSA) is 63.9 Å². The van der Waals surface area contributed by atoms with Crippen molar-refractivity contribution in [1.29, 1.82) is 0 Å². The lowest BCUT2D eigenvalue weighted by atomic mass is 10.2. The van der Waals surface area contributed by atoms with Crippen molar-refractivity contribution in [3.63, 3.8) is 0 Å². The fourth-order valence-electron chi connectivity index (χ4n) is 2.06. The second-order valence-electron chi connectivity index (χ2n) is 4.22. The van der Waals surface area contributed by atoms with Crippen LogP contribution >= 0.6 is 11.8 Å². The Morgan fingerprint density at radius 2 is 2.26 bits per heavy atom. The average molecular weight is 275 g/mol. The number of nitrogens with zero attached hydrogens (tertiary/aromatic N) is 5. The molecule has 98 valence electrons. The maximum atomic E-state index is 12.4. The molecule has 0 unspecified atom stereocenters. The second-order valence-corrected chi connectivity index (χ2v) is 5.36. The van der Waals surface area contributed by atoms with Gasteiger partial charge in [0.15, 0.2) is 0 Å². The molecule has 1 aromatic carbocycles. The minimum atomic E-state index is 0.0160. The normalized spacial score (nSPS) is 14.8. The number of carbonyl (C=O) groups excluding carboxylic acids is 1. The van der Waals surface area contributed by atoms with Crippen molar-refractivity contribution < 1.29 is 4.79 Å². The molecule has 0 saturated heterocycles. The second kappa shape index (κ2) is 5.40.